The number of carbonyl (C=O) groups is 2. The van der Waals surface area contributed by atoms with Gasteiger partial charge in [0.25, 0.3) is 5.69 Å². The van der Waals surface area contributed by atoms with Crippen molar-refractivity contribution >= 4 is 17.4 Å². The molecule has 0 fully saturated rings. The van der Waals surface area contributed by atoms with Gasteiger partial charge in [-0.25, -0.2) is 4.79 Å². The average Bonchev–Trinajstić information content (AvgIpc) is 2.78. The molecule has 0 amide bonds. The van der Waals surface area contributed by atoms with Crippen molar-refractivity contribution in [3.05, 3.63) is 98.4 Å². The van der Waals surface area contributed by atoms with Crippen LogP contribution in [0, 0.1) is 10.1 Å². The fourth-order valence-corrected chi connectivity index (χ4v) is 4.50. The zero-order valence-corrected chi connectivity index (χ0v) is 17.3. The van der Waals surface area contributed by atoms with Crippen molar-refractivity contribution in [3.63, 3.8) is 0 Å². The summed E-state index contributed by atoms with van der Waals surface area (Å²) in [5, 5.41) is 14.3. The number of carbonyl (C=O) groups excluding carboxylic acids is 2. The number of ketones is 1. The number of nitro groups is 1. The van der Waals surface area contributed by atoms with Crippen molar-refractivity contribution in [2.24, 2.45) is 0 Å². The van der Waals surface area contributed by atoms with Gasteiger partial charge in [0, 0.05) is 41.4 Å². The number of Topliss-reactive ketones (excluding diaryl/α,β-unsaturated/α-hetero) is 1. The van der Waals surface area contributed by atoms with E-state index in [0.29, 0.717) is 35.2 Å². The summed E-state index contributed by atoms with van der Waals surface area (Å²) >= 11 is 0. The maximum atomic E-state index is 13.4. The normalized spacial score (nSPS) is 20.8. The Labute approximate surface area is 179 Å². The number of nitrogens with one attached hydrogen (secondary N) is 1. The Bertz CT molecular complexity index is 1120. The number of nitrogens with zero attached hydrogens (tertiary/aromatic N) is 1. The Hall–Kier alpha value is -3.74. The third-order valence-electron chi connectivity index (χ3n) is 5.94. The standard InChI is InChI=1S/C24H22N2O5/c1-14-21(24(28)31-2)22(16-8-10-18(11-9-16)26(29)30)23-19(25-14)12-17(13-20(23)27)15-6-4-3-5-7-15/h3-11,17,22,25H,12-13H2,1-2H3/t17-,22+/m0/s1. The number of nitro benzene ring substituents is 1. The lowest BCUT2D eigenvalue weighted by Gasteiger charge is -2.36. The van der Waals surface area contributed by atoms with Gasteiger partial charge in [0.1, 0.15) is 0 Å². The van der Waals surface area contributed by atoms with Gasteiger partial charge in [0.2, 0.25) is 0 Å². The first kappa shape index (κ1) is 20.5. The number of benzene rings is 2. The fraction of sp³-hybridized carbons (Fsp3) is 0.250. The molecule has 0 spiro atoms. The Kier molecular flexibility index (Phi) is 5.42. The van der Waals surface area contributed by atoms with Gasteiger partial charge in [-0.3, -0.25) is 14.9 Å². The molecule has 158 valence electrons. The van der Waals surface area contributed by atoms with Crippen LogP contribution in [0.4, 0.5) is 5.69 Å². The molecule has 2 aromatic carbocycles. The molecule has 0 radical (unpaired) electrons. The summed E-state index contributed by atoms with van der Waals surface area (Å²) in [6.45, 7) is 1.78. The summed E-state index contributed by atoms with van der Waals surface area (Å²) in [5.74, 6) is -1.16. The van der Waals surface area contributed by atoms with Crippen LogP contribution in [0.25, 0.3) is 0 Å². The highest BCUT2D eigenvalue weighted by Crippen LogP contribution is 2.45. The Balaban J connectivity index is 1.80. The minimum Gasteiger partial charge on any atom is -0.466 e. The monoisotopic (exact) mass is 418 g/mol. The highest BCUT2D eigenvalue weighted by Gasteiger charge is 2.41. The van der Waals surface area contributed by atoms with E-state index in [1.807, 2.05) is 30.3 Å². The van der Waals surface area contributed by atoms with Gasteiger partial charge in [-0.15, -0.1) is 0 Å². The molecule has 1 N–H and O–H groups in total. The molecule has 0 unspecified atom stereocenters. The van der Waals surface area contributed by atoms with Crippen LogP contribution in [0.2, 0.25) is 0 Å². The molecular formula is C24H22N2O5. The highest BCUT2D eigenvalue weighted by molar-refractivity contribution is 6.04. The number of non-ortho nitro benzene ring substituents is 1. The molecule has 1 aliphatic carbocycles. The maximum Gasteiger partial charge on any atom is 0.336 e. The molecule has 2 aliphatic rings. The molecule has 2 atom stereocenters. The second kappa shape index (κ2) is 8.18. The first-order valence-electron chi connectivity index (χ1n) is 10.0. The summed E-state index contributed by atoms with van der Waals surface area (Å²) in [4.78, 5) is 36.6. The van der Waals surface area contributed by atoms with Gasteiger partial charge >= 0.3 is 5.97 Å². The third kappa shape index (κ3) is 3.74. The first-order chi connectivity index (χ1) is 14.9. The number of hydrogen-bond donors (Lipinski definition) is 1. The van der Waals surface area contributed by atoms with E-state index in [-0.39, 0.29) is 17.4 Å². The van der Waals surface area contributed by atoms with Crippen LogP contribution < -0.4 is 5.32 Å². The topological polar surface area (TPSA) is 98.5 Å². The lowest BCUT2D eigenvalue weighted by molar-refractivity contribution is -0.384. The van der Waals surface area contributed by atoms with E-state index in [1.165, 1.54) is 19.2 Å². The molecule has 0 aromatic heterocycles. The second-order valence-corrected chi connectivity index (χ2v) is 7.77. The number of methoxy groups -OCH3 is 1. The average molecular weight is 418 g/mol. The second-order valence-electron chi connectivity index (χ2n) is 7.77. The minimum absolute atomic E-state index is 0.0418. The van der Waals surface area contributed by atoms with Crippen LogP contribution >= 0.6 is 0 Å². The Morgan fingerprint density at radius 1 is 1.06 bits per heavy atom. The van der Waals surface area contributed by atoms with Crippen molar-refractivity contribution in [1.82, 2.24) is 5.32 Å². The summed E-state index contributed by atoms with van der Waals surface area (Å²) in [6, 6.07) is 15.9. The number of allylic oxidation sites excluding steroid dienone is 3. The fourth-order valence-electron chi connectivity index (χ4n) is 4.50. The summed E-state index contributed by atoms with van der Waals surface area (Å²) in [5.41, 5.74) is 3.98. The van der Waals surface area contributed by atoms with Crippen LogP contribution in [0.3, 0.4) is 0 Å². The van der Waals surface area contributed by atoms with Crippen molar-refractivity contribution in [1.29, 1.82) is 0 Å². The molecule has 7 nitrogen and oxygen atoms in total. The first-order valence-corrected chi connectivity index (χ1v) is 10.0. The van der Waals surface area contributed by atoms with E-state index in [0.717, 1.165) is 11.3 Å². The van der Waals surface area contributed by atoms with Gasteiger partial charge in [0.15, 0.2) is 5.78 Å². The molecule has 1 heterocycles. The summed E-state index contributed by atoms with van der Waals surface area (Å²) < 4.78 is 5.00. The molecule has 1 aliphatic heterocycles. The smallest absolute Gasteiger partial charge is 0.336 e. The number of rotatable bonds is 4. The van der Waals surface area contributed by atoms with Gasteiger partial charge in [-0.05, 0) is 30.4 Å². The number of ether oxygens (including phenoxy) is 1. The number of dihydropyridines is 1. The lowest BCUT2D eigenvalue weighted by atomic mass is 9.71. The van der Waals surface area contributed by atoms with Crippen LogP contribution in [-0.4, -0.2) is 23.8 Å². The SMILES string of the molecule is COC(=O)C1=C(C)NC2=C(C(=O)C[C@@H](c3ccccc3)C2)[C@@H]1c1ccc([N+](=O)[O-])cc1. The van der Waals surface area contributed by atoms with Crippen molar-refractivity contribution in [2.45, 2.75) is 31.6 Å². The van der Waals surface area contributed by atoms with Gasteiger partial charge in [-0.1, -0.05) is 42.5 Å². The number of hydrogen-bond acceptors (Lipinski definition) is 6. The van der Waals surface area contributed by atoms with E-state index >= 15 is 0 Å². The van der Waals surface area contributed by atoms with Gasteiger partial charge in [-0.2, -0.15) is 0 Å². The molecular weight excluding hydrogens is 396 g/mol. The number of esters is 1. The minimum atomic E-state index is -0.631. The Morgan fingerprint density at radius 2 is 1.74 bits per heavy atom. The van der Waals surface area contributed by atoms with Crippen LogP contribution in [0.5, 0.6) is 0 Å². The van der Waals surface area contributed by atoms with Crippen LogP contribution in [0.1, 0.15) is 42.7 Å². The third-order valence-corrected chi connectivity index (χ3v) is 5.94. The molecule has 4 rings (SSSR count). The summed E-state index contributed by atoms with van der Waals surface area (Å²) in [7, 11) is 1.30. The Morgan fingerprint density at radius 3 is 2.35 bits per heavy atom. The molecule has 0 saturated carbocycles. The van der Waals surface area contributed by atoms with E-state index < -0.39 is 16.8 Å². The van der Waals surface area contributed by atoms with Gasteiger partial charge < -0.3 is 10.1 Å². The van der Waals surface area contributed by atoms with E-state index in [4.69, 9.17) is 4.74 Å². The van der Waals surface area contributed by atoms with Crippen molar-refractivity contribution in [3.8, 4) is 0 Å². The zero-order chi connectivity index (χ0) is 22.1. The lowest BCUT2D eigenvalue weighted by Crippen LogP contribution is -2.36. The van der Waals surface area contributed by atoms with E-state index in [9.17, 15) is 19.7 Å². The van der Waals surface area contributed by atoms with Crippen LogP contribution in [0.15, 0.2) is 77.1 Å². The quantitative estimate of drug-likeness (QED) is 0.455. The van der Waals surface area contributed by atoms with Crippen LogP contribution in [-0.2, 0) is 14.3 Å². The zero-order valence-electron chi connectivity index (χ0n) is 17.3. The molecule has 7 heteroatoms. The van der Waals surface area contributed by atoms with E-state index in [2.05, 4.69) is 5.32 Å². The largest absolute Gasteiger partial charge is 0.466 e. The summed E-state index contributed by atoms with van der Waals surface area (Å²) in [6.07, 6.45) is 0.974. The predicted molar refractivity (Wildman–Crippen MR) is 114 cm³/mol. The molecule has 2 aromatic rings. The maximum absolute atomic E-state index is 13.4. The molecule has 0 bridgehead atoms. The highest BCUT2D eigenvalue weighted by atomic mass is 16.6. The molecule has 0 saturated heterocycles. The predicted octanol–water partition coefficient (Wildman–Crippen LogP) is 4.13. The van der Waals surface area contributed by atoms with Crippen molar-refractivity contribution in [2.75, 3.05) is 7.11 Å². The molecule has 31 heavy (non-hydrogen) atoms. The van der Waals surface area contributed by atoms with E-state index in [1.54, 1.807) is 19.1 Å². The van der Waals surface area contributed by atoms with Crippen molar-refractivity contribution < 1.29 is 19.2 Å². The van der Waals surface area contributed by atoms with Gasteiger partial charge in [0.05, 0.1) is 17.6 Å².